The van der Waals surface area contributed by atoms with Gasteiger partial charge in [0.15, 0.2) is 5.94 Å². The molecule has 2 aliphatic heterocycles. The van der Waals surface area contributed by atoms with Gasteiger partial charge in [0, 0.05) is 31.6 Å². The van der Waals surface area contributed by atoms with E-state index in [9.17, 15) is 4.79 Å². The first-order chi connectivity index (χ1) is 11.7. The van der Waals surface area contributed by atoms with Crippen molar-refractivity contribution in [2.24, 2.45) is 5.73 Å². The number of hydrogen-bond acceptors (Lipinski definition) is 5. The molecule has 0 saturated carbocycles. The Hall–Kier alpha value is -2.33. The zero-order chi connectivity index (χ0) is 16.7. The van der Waals surface area contributed by atoms with E-state index >= 15 is 0 Å². The second kappa shape index (κ2) is 5.95. The number of anilines is 2. The third-order valence-corrected chi connectivity index (χ3v) is 5.14. The van der Waals surface area contributed by atoms with Crippen LogP contribution in [0.25, 0.3) is 10.8 Å². The van der Waals surface area contributed by atoms with Gasteiger partial charge >= 0.3 is 0 Å². The molecular formula is C19H22N4O. The first-order valence-electron chi connectivity index (χ1n) is 8.49. The third-order valence-electron chi connectivity index (χ3n) is 5.14. The van der Waals surface area contributed by atoms with Gasteiger partial charge in [0.2, 0.25) is 5.82 Å². The minimum Gasteiger partial charge on any atom is -0.326 e. The van der Waals surface area contributed by atoms with Crippen LogP contribution >= 0.6 is 0 Å². The van der Waals surface area contributed by atoms with E-state index < -0.39 is 0 Å². The van der Waals surface area contributed by atoms with E-state index in [4.69, 9.17) is 5.73 Å². The molecule has 2 aromatic rings. The molecule has 0 radical (unpaired) electrons. The van der Waals surface area contributed by atoms with Crippen molar-refractivity contribution in [3.8, 4) is 0 Å². The predicted molar refractivity (Wildman–Crippen MR) is 97.8 cm³/mol. The van der Waals surface area contributed by atoms with Gasteiger partial charge in [-0.2, -0.15) is 0 Å². The lowest BCUT2D eigenvalue weighted by Crippen LogP contribution is -2.46. The Bertz CT molecular complexity index is 835. The lowest BCUT2D eigenvalue weighted by atomic mass is 10.0. The molecule has 124 valence electrons. The lowest BCUT2D eigenvalue weighted by Gasteiger charge is -2.33. The summed E-state index contributed by atoms with van der Waals surface area (Å²) in [6.07, 6.45) is 2.20. The van der Waals surface area contributed by atoms with E-state index in [0.29, 0.717) is 18.4 Å². The molecular weight excluding hydrogens is 300 g/mol. The van der Waals surface area contributed by atoms with Crippen molar-refractivity contribution in [1.29, 1.82) is 0 Å². The monoisotopic (exact) mass is 322 g/mol. The van der Waals surface area contributed by atoms with Crippen molar-refractivity contribution in [1.82, 2.24) is 5.32 Å². The quantitative estimate of drug-likeness (QED) is 0.828. The van der Waals surface area contributed by atoms with Crippen LogP contribution in [0.15, 0.2) is 36.2 Å². The average Bonchev–Trinajstić information content (AvgIpc) is 2.94. The highest BCUT2D eigenvalue weighted by Crippen LogP contribution is 2.46. The number of carbonyl (C=O) groups excluding carboxylic acids is 1. The number of hydrogen-bond donors (Lipinski definition) is 2. The van der Waals surface area contributed by atoms with Gasteiger partial charge in [0.25, 0.3) is 0 Å². The number of nitrogens with zero attached hydrogens (tertiary/aromatic N) is 2. The average molecular weight is 322 g/mol. The van der Waals surface area contributed by atoms with Crippen LogP contribution in [0.2, 0.25) is 0 Å². The second-order valence-electron chi connectivity index (χ2n) is 6.55. The number of fused-ring (bicyclic) bond motifs is 3. The van der Waals surface area contributed by atoms with Crippen LogP contribution in [0.1, 0.15) is 18.4 Å². The molecule has 0 aromatic heterocycles. The largest absolute Gasteiger partial charge is 0.326 e. The fraction of sp³-hybridized carbons (Fsp3) is 0.368. The number of nitrogens with two attached hydrogens (primary N) is 1. The Morgan fingerprint density at radius 2 is 2.21 bits per heavy atom. The molecule has 3 N–H and O–H groups in total. The van der Waals surface area contributed by atoms with Gasteiger partial charge < -0.3 is 20.9 Å². The molecule has 1 unspecified atom stereocenters. The summed E-state index contributed by atoms with van der Waals surface area (Å²) < 4.78 is 0. The zero-order valence-electron chi connectivity index (χ0n) is 13.9. The molecule has 1 atom stereocenters. The number of piperidine rings is 1. The van der Waals surface area contributed by atoms with E-state index in [-0.39, 0.29) is 0 Å². The molecule has 1 fully saturated rings. The molecule has 0 amide bonds. The van der Waals surface area contributed by atoms with Gasteiger partial charge in [-0.25, -0.2) is 4.79 Å². The number of nitrogens with one attached hydrogen (secondary N) is 1. The summed E-state index contributed by atoms with van der Waals surface area (Å²) in [5.74, 6) is 2.77. The predicted octanol–water partition coefficient (Wildman–Crippen LogP) is 1.98. The molecule has 2 heterocycles. The fourth-order valence-electron chi connectivity index (χ4n) is 3.95. The van der Waals surface area contributed by atoms with Gasteiger partial charge in [0.1, 0.15) is 0 Å². The SMILES string of the molecule is CN1C(=C=O)N(C2CCCNC2)c2ccc3cc(CN)ccc3c21. The number of rotatable bonds is 2. The zero-order valence-corrected chi connectivity index (χ0v) is 13.9. The van der Waals surface area contributed by atoms with Crippen molar-refractivity contribution >= 4 is 28.1 Å². The normalized spacial score (nSPS) is 20.4. The Morgan fingerprint density at radius 1 is 1.33 bits per heavy atom. The lowest BCUT2D eigenvalue weighted by molar-refractivity contribution is 0.447. The Morgan fingerprint density at radius 3 is 2.92 bits per heavy atom. The van der Waals surface area contributed by atoms with Gasteiger partial charge in [0.05, 0.1) is 11.4 Å². The highest BCUT2D eigenvalue weighted by Gasteiger charge is 2.36. The molecule has 0 bridgehead atoms. The van der Waals surface area contributed by atoms with Crippen molar-refractivity contribution in [2.45, 2.75) is 25.4 Å². The first-order valence-corrected chi connectivity index (χ1v) is 8.49. The van der Waals surface area contributed by atoms with Crippen LogP contribution < -0.4 is 20.9 Å². The Labute approximate surface area is 141 Å². The molecule has 2 aliphatic rings. The van der Waals surface area contributed by atoms with Gasteiger partial charge in [-0.15, -0.1) is 0 Å². The summed E-state index contributed by atoms with van der Waals surface area (Å²) in [4.78, 5) is 15.8. The Balaban J connectivity index is 1.89. The molecule has 5 heteroatoms. The molecule has 24 heavy (non-hydrogen) atoms. The molecule has 2 aromatic carbocycles. The van der Waals surface area contributed by atoms with E-state index in [1.807, 2.05) is 11.9 Å². The minimum absolute atomic E-state index is 0.291. The second-order valence-corrected chi connectivity index (χ2v) is 6.55. The van der Waals surface area contributed by atoms with Gasteiger partial charge in [-0.1, -0.05) is 18.2 Å². The van der Waals surface area contributed by atoms with Crippen LogP contribution in [-0.4, -0.2) is 32.1 Å². The minimum atomic E-state index is 0.291. The molecule has 1 saturated heterocycles. The molecule has 0 aliphatic carbocycles. The third kappa shape index (κ3) is 2.21. The number of benzene rings is 2. The topological polar surface area (TPSA) is 61.6 Å². The summed E-state index contributed by atoms with van der Waals surface area (Å²) >= 11 is 0. The van der Waals surface area contributed by atoms with Gasteiger partial charge in [-0.3, -0.25) is 0 Å². The van der Waals surface area contributed by atoms with Gasteiger partial charge in [-0.05, 0) is 42.5 Å². The van der Waals surface area contributed by atoms with Crippen LogP contribution in [-0.2, 0) is 11.3 Å². The maximum atomic E-state index is 11.7. The van der Waals surface area contributed by atoms with Crippen molar-refractivity contribution < 1.29 is 4.79 Å². The maximum absolute atomic E-state index is 11.7. The van der Waals surface area contributed by atoms with Crippen LogP contribution in [0.3, 0.4) is 0 Å². The maximum Gasteiger partial charge on any atom is 0.200 e. The van der Waals surface area contributed by atoms with E-state index in [0.717, 1.165) is 53.6 Å². The highest BCUT2D eigenvalue weighted by atomic mass is 16.1. The standard InChI is InChI=1S/C19H22N4O/c1-22-18(12-24)23(15-3-2-8-21-11-15)17-7-5-14-9-13(10-20)4-6-16(14)19(17)22/h4-7,9,15,21H,2-3,8,10-11,20H2,1H3. The van der Waals surface area contributed by atoms with Crippen molar-refractivity contribution in [3.05, 3.63) is 41.7 Å². The van der Waals surface area contributed by atoms with E-state index in [2.05, 4.69) is 46.5 Å². The molecule has 5 nitrogen and oxygen atoms in total. The summed E-state index contributed by atoms with van der Waals surface area (Å²) in [5, 5.41) is 5.73. The molecule has 4 rings (SSSR count). The van der Waals surface area contributed by atoms with Crippen molar-refractivity contribution in [2.75, 3.05) is 29.9 Å². The summed E-state index contributed by atoms with van der Waals surface area (Å²) in [7, 11) is 1.95. The summed E-state index contributed by atoms with van der Waals surface area (Å²) in [6.45, 7) is 2.47. The smallest absolute Gasteiger partial charge is 0.200 e. The highest BCUT2D eigenvalue weighted by molar-refractivity contribution is 6.06. The summed E-state index contributed by atoms with van der Waals surface area (Å²) in [5.41, 5.74) is 9.05. The van der Waals surface area contributed by atoms with Crippen LogP contribution in [0, 0.1) is 0 Å². The van der Waals surface area contributed by atoms with Crippen molar-refractivity contribution in [3.63, 3.8) is 0 Å². The molecule has 0 spiro atoms. The summed E-state index contributed by atoms with van der Waals surface area (Å²) in [6, 6.07) is 10.8. The van der Waals surface area contributed by atoms with E-state index in [1.54, 1.807) is 0 Å². The first kappa shape index (κ1) is 15.2. The van der Waals surface area contributed by atoms with Crippen LogP contribution in [0.5, 0.6) is 0 Å². The fourth-order valence-corrected chi connectivity index (χ4v) is 3.95. The Kier molecular flexibility index (Phi) is 3.77. The van der Waals surface area contributed by atoms with Crippen LogP contribution in [0.4, 0.5) is 11.4 Å². The van der Waals surface area contributed by atoms with E-state index in [1.165, 1.54) is 0 Å².